The van der Waals surface area contributed by atoms with Gasteiger partial charge in [0.25, 0.3) is 0 Å². The van der Waals surface area contributed by atoms with E-state index in [1.54, 1.807) is 0 Å². The highest BCUT2D eigenvalue weighted by atomic mass is 16.4. The second-order valence-electron chi connectivity index (χ2n) is 8.84. The van der Waals surface area contributed by atoms with Crippen LogP contribution in [0.4, 0.5) is 0 Å². The van der Waals surface area contributed by atoms with Crippen molar-refractivity contribution in [3.05, 3.63) is 0 Å². The monoisotopic (exact) mass is 443 g/mol. The summed E-state index contributed by atoms with van der Waals surface area (Å²) in [6.45, 7) is 9.52. The second kappa shape index (κ2) is 14.7. The zero-order valence-electron chi connectivity index (χ0n) is 19.4. The van der Waals surface area contributed by atoms with E-state index in [2.05, 4.69) is 16.0 Å². The van der Waals surface area contributed by atoms with Crippen molar-refractivity contribution in [1.82, 2.24) is 16.0 Å². The Kier molecular flexibility index (Phi) is 13.7. The Labute approximate surface area is 185 Å². The first kappa shape index (κ1) is 28.8. The summed E-state index contributed by atoms with van der Waals surface area (Å²) in [7, 11) is 0. The molecule has 0 aliphatic carbocycles. The van der Waals surface area contributed by atoms with Crippen LogP contribution in [0.2, 0.25) is 0 Å². The van der Waals surface area contributed by atoms with Gasteiger partial charge in [-0.2, -0.15) is 0 Å². The fourth-order valence-electron chi connectivity index (χ4n) is 2.99. The van der Waals surface area contributed by atoms with E-state index < -0.39 is 47.9 Å². The van der Waals surface area contributed by atoms with Crippen LogP contribution in [0, 0.1) is 11.8 Å². The standard InChI is InChI=1S/C21H41N5O5/c1-12(2)10-16(25-19(28)15(23)8-6-7-9-22)20(29)24-14(5)18(27)26-17(21(30)31)11-13(3)4/h12-17H,6-11,22-23H2,1-5H3,(H,24,29)(H,25,28)(H,26,27)(H,30,31)/t14-,15-,16-,17-/m0/s1. The summed E-state index contributed by atoms with van der Waals surface area (Å²) in [4.78, 5) is 48.9. The lowest BCUT2D eigenvalue weighted by Gasteiger charge is -2.25. The van der Waals surface area contributed by atoms with E-state index in [-0.39, 0.29) is 18.3 Å². The number of hydrogen-bond donors (Lipinski definition) is 6. The molecule has 10 nitrogen and oxygen atoms in total. The summed E-state index contributed by atoms with van der Waals surface area (Å²) in [5.41, 5.74) is 11.4. The van der Waals surface area contributed by atoms with Crippen LogP contribution in [0.25, 0.3) is 0 Å². The zero-order chi connectivity index (χ0) is 24.1. The average Bonchev–Trinajstić information content (AvgIpc) is 2.65. The Balaban J connectivity index is 4.99. The first-order valence-corrected chi connectivity index (χ1v) is 11.0. The number of carbonyl (C=O) groups excluding carboxylic acids is 3. The smallest absolute Gasteiger partial charge is 0.326 e. The highest BCUT2D eigenvalue weighted by Gasteiger charge is 2.28. The van der Waals surface area contributed by atoms with Crippen molar-refractivity contribution < 1.29 is 24.3 Å². The Hall–Kier alpha value is -2.20. The maximum atomic E-state index is 12.7. The van der Waals surface area contributed by atoms with Gasteiger partial charge in [0, 0.05) is 0 Å². The fourth-order valence-corrected chi connectivity index (χ4v) is 2.99. The quantitative estimate of drug-likeness (QED) is 0.194. The molecule has 0 spiro atoms. The SMILES string of the molecule is CC(C)C[C@H](NC(=O)[C@H](C)NC(=O)[C@H](CC(C)C)NC(=O)[C@@H](N)CCCCN)C(=O)O. The summed E-state index contributed by atoms with van der Waals surface area (Å²) in [6, 6.07) is -3.60. The Bertz CT molecular complexity index is 597. The molecule has 4 atom stereocenters. The van der Waals surface area contributed by atoms with E-state index in [0.29, 0.717) is 25.8 Å². The first-order chi connectivity index (χ1) is 14.4. The van der Waals surface area contributed by atoms with Crippen molar-refractivity contribution in [2.45, 2.75) is 90.9 Å². The van der Waals surface area contributed by atoms with Crippen LogP contribution in [0.3, 0.4) is 0 Å². The maximum absolute atomic E-state index is 12.7. The van der Waals surface area contributed by atoms with Crippen molar-refractivity contribution in [1.29, 1.82) is 0 Å². The highest BCUT2D eigenvalue weighted by molar-refractivity contribution is 5.93. The topological polar surface area (TPSA) is 177 Å². The van der Waals surface area contributed by atoms with Crippen molar-refractivity contribution in [2.75, 3.05) is 6.54 Å². The van der Waals surface area contributed by atoms with Gasteiger partial charge in [-0.1, -0.05) is 34.1 Å². The molecule has 0 aromatic rings. The number of nitrogens with two attached hydrogens (primary N) is 2. The molecule has 0 saturated carbocycles. The molecular weight excluding hydrogens is 402 g/mol. The number of hydrogen-bond acceptors (Lipinski definition) is 6. The minimum atomic E-state index is -1.13. The molecule has 3 amide bonds. The molecule has 180 valence electrons. The molecule has 0 unspecified atom stereocenters. The number of unbranched alkanes of at least 4 members (excludes halogenated alkanes) is 1. The molecule has 0 heterocycles. The molecule has 0 aliphatic heterocycles. The lowest BCUT2D eigenvalue weighted by Crippen LogP contribution is -2.56. The largest absolute Gasteiger partial charge is 0.480 e. The van der Waals surface area contributed by atoms with Gasteiger partial charge < -0.3 is 32.5 Å². The van der Waals surface area contributed by atoms with Gasteiger partial charge in [0.05, 0.1) is 6.04 Å². The number of carboxylic acid groups (broad SMARTS) is 1. The number of aliphatic carboxylic acids is 1. The van der Waals surface area contributed by atoms with Gasteiger partial charge in [-0.25, -0.2) is 4.79 Å². The predicted octanol–water partition coefficient (Wildman–Crippen LogP) is 0.0938. The Morgan fingerprint density at radius 1 is 0.774 bits per heavy atom. The third kappa shape index (κ3) is 12.3. The maximum Gasteiger partial charge on any atom is 0.326 e. The first-order valence-electron chi connectivity index (χ1n) is 11.0. The van der Waals surface area contributed by atoms with Crippen molar-refractivity contribution in [3.63, 3.8) is 0 Å². The fraction of sp³-hybridized carbons (Fsp3) is 0.810. The number of rotatable bonds is 15. The number of carboxylic acids is 1. The molecule has 0 fully saturated rings. The summed E-state index contributed by atoms with van der Waals surface area (Å²) in [6.07, 6.45) is 2.58. The van der Waals surface area contributed by atoms with Crippen molar-refractivity contribution >= 4 is 23.7 Å². The number of carbonyl (C=O) groups is 4. The second-order valence-corrected chi connectivity index (χ2v) is 8.84. The number of amides is 3. The normalized spacial score (nSPS) is 15.1. The van der Waals surface area contributed by atoms with Crippen molar-refractivity contribution in [2.24, 2.45) is 23.3 Å². The molecule has 10 heteroatoms. The molecule has 0 radical (unpaired) electrons. The minimum Gasteiger partial charge on any atom is -0.480 e. The molecule has 8 N–H and O–H groups in total. The summed E-state index contributed by atoms with van der Waals surface area (Å²) >= 11 is 0. The molecule has 0 aliphatic rings. The summed E-state index contributed by atoms with van der Waals surface area (Å²) in [5, 5.41) is 17.0. The van der Waals surface area contributed by atoms with E-state index in [1.165, 1.54) is 6.92 Å². The van der Waals surface area contributed by atoms with Crippen molar-refractivity contribution in [3.8, 4) is 0 Å². The van der Waals surface area contributed by atoms with Crippen LogP contribution in [-0.4, -0.2) is 59.5 Å². The van der Waals surface area contributed by atoms with E-state index in [1.807, 2.05) is 27.7 Å². The van der Waals surface area contributed by atoms with Gasteiger partial charge in [0.15, 0.2) is 0 Å². The van der Waals surface area contributed by atoms with E-state index in [0.717, 1.165) is 6.42 Å². The van der Waals surface area contributed by atoms with Crippen LogP contribution >= 0.6 is 0 Å². The van der Waals surface area contributed by atoms with Crippen LogP contribution < -0.4 is 27.4 Å². The third-order valence-corrected chi connectivity index (χ3v) is 4.72. The van der Waals surface area contributed by atoms with Gasteiger partial charge in [-0.3, -0.25) is 14.4 Å². The Morgan fingerprint density at radius 2 is 1.29 bits per heavy atom. The molecular formula is C21H41N5O5. The summed E-state index contributed by atoms with van der Waals surface area (Å²) in [5.74, 6) is -2.50. The highest BCUT2D eigenvalue weighted by Crippen LogP contribution is 2.08. The van der Waals surface area contributed by atoms with Gasteiger partial charge >= 0.3 is 5.97 Å². The van der Waals surface area contributed by atoms with Crippen LogP contribution in [0.5, 0.6) is 0 Å². The summed E-state index contributed by atoms with van der Waals surface area (Å²) < 4.78 is 0. The molecule has 0 aromatic carbocycles. The molecule has 0 saturated heterocycles. The molecule has 0 bridgehead atoms. The third-order valence-electron chi connectivity index (χ3n) is 4.72. The number of nitrogens with one attached hydrogen (secondary N) is 3. The van der Waals surface area contributed by atoms with Gasteiger partial charge in [-0.05, 0) is 51.0 Å². The Morgan fingerprint density at radius 3 is 1.77 bits per heavy atom. The van der Waals surface area contributed by atoms with Gasteiger partial charge in [0.1, 0.15) is 18.1 Å². The van der Waals surface area contributed by atoms with Crippen LogP contribution in [-0.2, 0) is 19.2 Å². The predicted molar refractivity (Wildman–Crippen MR) is 119 cm³/mol. The lowest BCUT2D eigenvalue weighted by molar-refractivity contribution is -0.142. The van der Waals surface area contributed by atoms with Gasteiger partial charge in [0.2, 0.25) is 17.7 Å². The van der Waals surface area contributed by atoms with E-state index >= 15 is 0 Å². The molecule has 0 aromatic heterocycles. The van der Waals surface area contributed by atoms with Crippen LogP contribution in [0.15, 0.2) is 0 Å². The zero-order valence-corrected chi connectivity index (χ0v) is 19.4. The molecule has 0 rings (SSSR count). The lowest BCUT2D eigenvalue weighted by atomic mass is 10.0. The van der Waals surface area contributed by atoms with E-state index in [4.69, 9.17) is 11.5 Å². The molecule has 31 heavy (non-hydrogen) atoms. The van der Waals surface area contributed by atoms with Crippen LogP contribution in [0.1, 0.15) is 66.7 Å². The van der Waals surface area contributed by atoms with E-state index in [9.17, 15) is 24.3 Å². The average molecular weight is 444 g/mol. The van der Waals surface area contributed by atoms with Gasteiger partial charge in [-0.15, -0.1) is 0 Å². The minimum absolute atomic E-state index is 0.0750.